The van der Waals surface area contributed by atoms with Crippen LogP contribution in [-0.4, -0.2) is 41.8 Å². The molecule has 0 radical (unpaired) electrons. The van der Waals surface area contributed by atoms with Gasteiger partial charge in [0.25, 0.3) is 0 Å². The molecule has 0 atom stereocenters. The number of rotatable bonds is 9. The number of hydrogen-bond acceptors (Lipinski definition) is 7. The second-order valence-corrected chi connectivity index (χ2v) is 13.5. The summed E-state index contributed by atoms with van der Waals surface area (Å²) in [5.74, 6) is 1.62. The summed E-state index contributed by atoms with van der Waals surface area (Å²) in [6.07, 6.45) is 4.07. The minimum absolute atomic E-state index is 0.0250. The smallest absolute Gasteiger partial charge is 0.320 e. The summed E-state index contributed by atoms with van der Waals surface area (Å²) in [7, 11) is 0. The number of benzene rings is 2. The molecule has 0 aliphatic heterocycles. The van der Waals surface area contributed by atoms with Crippen LogP contribution in [-0.2, 0) is 11.3 Å². The average molecular weight is 622 g/mol. The number of nitrogens with one attached hydrogen (secondary N) is 2. The lowest BCUT2D eigenvalue weighted by Crippen LogP contribution is -2.29. The molecule has 0 spiro atoms. The molecule has 0 fully saturated rings. The van der Waals surface area contributed by atoms with Crippen molar-refractivity contribution >= 4 is 52.6 Å². The van der Waals surface area contributed by atoms with Crippen LogP contribution in [0.3, 0.4) is 0 Å². The Hall–Kier alpha value is -3.67. The zero-order chi connectivity index (χ0) is 30.0. The van der Waals surface area contributed by atoms with Gasteiger partial charge >= 0.3 is 6.03 Å². The highest BCUT2D eigenvalue weighted by molar-refractivity contribution is 7.99. The van der Waals surface area contributed by atoms with E-state index in [4.69, 9.17) is 16.7 Å². The average Bonchev–Trinajstić information content (AvgIpc) is 3.59. The molecule has 3 N–H and O–H groups in total. The fourth-order valence-corrected chi connectivity index (χ4v) is 5.70. The van der Waals surface area contributed by atoms with Gasteiger partial charge in [-0.25, -0.2) is 9.48 Å². The summed E-state index contributed by atoms with van der Waals surface area (Å²) in [6.45, 7) is 8.65. The maximum absolute atomic E-state index is 13.1. The van der Waals surface area contributed by atoms with E-state index in [1.54, 1.807) is 40.3 Å². The number of carbonyl (C=O) groups is 1. The number of phenolic OH excluding ortho intramolecular Hbond substituents is 1. The Morgan fingerprint density at radius 3 is 2.62 bits per heavy atom. The van der Waals surface area contributed by atoms with Crippen LogP contribution in [0.15, 0.2) is 76.7 Å². The molecule has 0 bridgehead atoms. The number of urea groups is 1. The first-order valence-electron chi connectivity index (χ1n) is 13.4. The molecule has 2 aromatic carbocycles. The van der Waals surface area contributed by atoms with Gasteiger partial charge in [0.1, 0.15) is 17.4 Å². The first-order chi connectivity index (χ1) is 20.1. The van der Waals surface area contributed by atoms with Gasteiger partial charge in [0, 0.05) is 34.5 Å². The third kappa shape index (κ3) is 6.38. The molecule has 0 saturated carbocycles. The van der Waals surface area contributed by atoms with Gasteiger partial charge in [0.2, 0.25) is 0 Å². The molecule has 0 saturated heterocycles. The van der Waals surface area contributed by atoms with Crippen molar-refractivity contribution in [3.05, 3.63) is 89.0 Å². The van der Waals surface area contributed by atoms with Gasteiger partial charge < -0.3 is 10.4 Å². The molecule has 5 rings (SSSR count). The zero-order valence-corrected chi connectivity index (χ0v) is 26.3. The summed E-state index contributed by atoms with van der Waals surface area (Å²) >= 11 is 9.45. The van der Waals surface area contributed by atoms with E-state index in [9.17, 15) is 9.90 Å². The molecule has 42 heavy (non-hydrogen) atoms. The molecule has 9 nitrogen and oxygen atoms in total. The monoisotopic (exact) mass is 621 g/mol. The van der Waals surface area contributed by atoms with Crippen molar-refractivity contribution in [1.82, 2.24) is 29.7 Å². The molecule has 0 unspecified atom stereocenters. The molecule has 218 valence electrons. The van der Waals surface area contributed by atoms with Crippen molar-refractivity contribution in [3.8, 4) is 11.4 Å². The van der Waals surface area contributed by atoms with Gasteiger partial charge in [-0.05, 0) is 62.1 Å². The van der Waals surface area contributed by atoms with Gasteiger partial charge in [0.05, 0.1) is 21.2 Å². The summed E-state index contributed by atoms with van der Waals surface area (Å²) < 4.78 is 3.35. The van der Waals surface area contributed by atoms with Crippen LogP contribution in [0.5, 0.6) is 5.75 Å². The summed E-state index contributed by atoms with van der Waals surface area (Å²) in [5.41, 5.74) is 3.20. The Morgan fingerprint density at radius 1 is 1.10 bits per heavy atom. The number of phenols is 1. The first-order valence-corrected chi connectivity index (χ1v) is 15.8. The Labute approximate surface area is 258 Å². The van der Waals surface area contributed by atoms with Crippen molar-refractivity contribution in [2.24, 2.45) is 0 Å². The minimum atomic E-state index is -0.373. The van der Waals surface area contributed by atoms with Crippen molar-refractivity contribution in [3.63, 3.8) is 0 Å². The summed E-state index contributed by atoms with van der Waals surface area (Å²) in [5, 5.41) is 29.4. The lowest BCUT2D eigenvalue weighted by molar-refractivity contribution is 0.251. The van der Waals surface area contributed by atoms with Crippen molar-refractivity contribution in [2.45, 2.75) is 54.7 Å². The Bertz CT molecular complexity index is 1750. The SMILES string of the molecule is CSC(C)(C)c1cc(NC(=O)NCc2ccccc2Sc2ccc3nnc(C(C)C)n3c2)n(-c2ccc(O)c(Cl)c2)n1. The second kappa shape index (κ2) is 12.3. The maximum atomic E-state index is 13.1. The van der Waals surface area contributed by atoms with Crippen LogP contribution in [0.4, 0.5) is 10.6 Å². The molecular formula is C30H32ClN7O2S2. The van der Waals surface area contributed by atoms with Gasteiger partial charge in [-0.2, -0.15) is 16.9 Å². The van der Waals surface area contributed by atoms with E-state index >= 15 is 0 Å². The highest BCUT2D eigenvalue weighted by atomic mass is 35.5. The Morgan fingerprint density at radius 2 is 1.88 bits per heavy atom. The largest absolute Gasteiger partial charge is 0.506 e. The van der Waals surface area contributed by atoms with E-state index in [1.165, 1.54) is 6.07 Å². The number of hydrogen-bond donors (Lipinski definition) is 3. The first kappa shape index (κ1) is 29.8. The standard InChI is InChI=1S/C30H32ClN7O2S2/c1-18(2)28-35-34-26-13-11-21(17-37(26)28)42-24-9-7-6-8-19(24)16-32-29(40)33-27-15-25(30(3,4)41-5)36-38(27)20-10-12-23(39)22(31)14-20/h6-15,17-18,39H,16H2,1-5H3,(H2,32,33,40). The van der Waals surface area contributed by atoms with Crippen LogP contribution in [0.1, 0.15) is 50.7 Å². The number of anilines is 1. The summed E-state index contributed by atoms with van der Waals surface area (Å²) in [4.78, 5) is 15.2. The Balaban J connectivity index is 1.34. The fourth-order valence-electron chi connectivity index (χ4n) is 4.25. The van der Waals surface area contributed by atoms with Gasteiger partial charge in [-0.1, -0.05) is 55.4 Å². The van der Waals surface area contributed by atoms with Crippen LogP contribution in [0.2, 0.25) is 5.02 Å². The zero-order valence-electron chi connectivity index (χ0n) is 23.9. The molecular weight excluding hydrogens is 590 g/mol. The number of amides is 2. The number of nitrogens with zero attached hydrogens (tertiary/aromatic N) is 5. The number of fused-ring (bicyclic) bond motifs is 1. The van der Waals surface area contributed by atoms with Crippen molar-refractivity contribution < 1.29 is 9.90 Å². The van der Waals surface area contributed by atoms with Gasteiger partial charge in [-0.3, -0.25) is 9.72 Å². The lowest BCUT2D eigenvalue weighted by atomic mass is 10.1. The quantitative estimate of drug-likeness (QED) is 0.157. The normalized spacial score (nSPS) is 11.8. The van der Waals surface area contributed by atoms with E-state index in [1.807, 2.05) is 53.1 Å². The predicted molar refractivity (Wildman–Crippen MR) is 170 cm³/mol. The lowest BCUT2D eigenvalue weighted by Gasteiger charge is -2.18. The van der Waals surface area contributed by atoms with Crippen LogP contribution in [0, 0.1) is 0 Å². The molecule has 5 aromatic rings. The molecule has 3 aromatic heterocycles. The molecule has 3 heterocycles. The minimum Gasteiger partial charge on any atom is -0.506 e. The highest BCUT2D eigenvalue weighted by Crippen LogP contribution is 2.36. The van der Waals surface area contributed by atoms with Gasteiger partial charge in [0.15, 0.2) is 5.65 Å². The molecule has 0 aliphatic rings. The number of pyridine rings is 1. The third-order valence-corrected chi connectivity index (χ3v) is 9.44. The maximum Gasteiger partial charge on any atom is 0.320 e. The van der Waals surface area contributed by atoms with E-state index in [0.717, 1.165) is 32.5 Å². The number of carbonyl (C=O) groups excluding carboxylic acids is 1. The van der Waals surface area contributed by atoms with E-state index in [2.05, 4.69) is 54.7 Å². The van der Waals surface area contributed by atoms with Crippen LogP contribution < -0.4 is 10.6 Å². The highest BCUT2D eigenvalue weighted by Gasteiger charge is 2.25. The van der Waals surface area contributed by atoms with E-state index in [0.29, 0.717) is 18.1 Å². The topological polar surface area (TPSA) is 109 Å². The van der Waals surface area contributed by atoms with Crippen molar-refractivity contribution in [2.75, 3.05) is 11.6 Å². The molecule has 12 heteroatoms. The number of thioether (sulfide) groups is 1. The number of aromatic hydroxyl groups is 1. The number of aromatic nitrogens is 5. The molecule has 0 aliphatic carbocycles. The number of halogens is 1. The summed E-state index contributed by atoms with van der Waals surface area (Å²) in [6, 6.07) is 18.3. The predicted octanol–water partition coefficient (Wildman–Crippen LogP) is 7.47. The third-order valence-electron chi connectivity index (χ3n) is 6.81. The molecule has 2 amide bonds. The second-order valence-electron chi connectivity index (χ2n) is 10.5. The fraction of sp³-hybridized carbons (Fsp3) is 0.267. The van der Waals surface area contributed by atoms with Gasteiger partial charge in [-0.15, -0.1) is 10.2 Å². The van der Waals surface area contributed by atoms with Crippen molar-refractivity contribution in [1.29, 1.82) is 0 Å². The van der Waals surface area contributed by atoms with E-state index in [-0.39, 0.29) is 27.5 Å². The van der Waals surface area contributed by atoms with Crippen LogP contribution >= 0.6 is 35.1 Å². The van der Waals surface area contributed by atoms with E-state index < -0.39 is 0 Å². The van der Waals surface area contributed by atoms with Crippen LogP contribution in [0.25, 0.3) is 11.3 Å². The Kier molecular flexibility index (Phi) is 8.72.